The van der Waals surface area contributed by atoms with Gasteiger partial charge in [0.25, 0.3) is 5.91 Å². The zero-order chi connectivity index (χ0) is 8.77. The maximum absolute atomic E-state index is 11.4. The summed E-state index contributed by atoms with van der Waals surface area (Å²) in [5.74, 6) is 4.88. The van der Waals surface area contributed by atoms with Gasteiger partial charge in [-0.05, 0) is 13.0 Å². The van der Waals surface area contributed by atoms with Crippen molar-refractivity contribution < 1.29 is 9.59 Å². The summed E-state index contributed by atoms with van der Waals surface area (Å²) in [6.07, 6.45) is 0.616. The third kappa shape index (κ3) is 0.759. The molecule has 0 aromatic carbocycles. The average Bonchev–Trinajstić information content (AvgIpc) is 2.57. The molecular weight excluding hydrogens is 160 g/mol. The molecule has 0 aromatic heterocycles. The van der Waals surface area contributed by atoms with E-state index in [2.05, 4.69) is 10.6 Å². The van der Waals surface area contributed by atoms with Crippen LogP contribution in [0.1, 0.15) is 6.42 Å². The molecule has 1 unspecified atom stereocenters. The number of carbonyl (C=O) groups excluding carboxylic acids is 2. The number of nitrogens with zero attached hydrogens (tertiary/aromatic N) is 1. The first kappa shape index (κ1) is 7.51. The highest BCUT2D eigenvalue weighted by Gasteiger charge is 2.51. The largest absolute Gasteiger partial charge is 0.339 e. The summed E-state index contributed by atoms with van der Waals surface area (Å²) in [6, 6.07) is -0.510. The molecule has 2 heterocycles. The Hall–Kier alpha value is -1.14. The molecule has 0 aliphatic carbocycles. The molecule has 2 fully saturated rings. The molecule has 4 N–H and O–H groups in total. The first-order chi connectivity index (χ1) is 5.66. The standard InChI is InChI=1S/C6H10N4O2/c7-10-4(11)6(9-5(10)12)1-2-8-3-6/h8H,1-3,7H2,(H,9,12). The topological polar surface area (TPSA) is 87.5 Å². The molecule has 1 atom stereocenters. The average molecular weight is 170 g/mol. The summed E-state index contributed by atoms with van der Waals surface area (Å²) < 4.78 is 0. The molecule has 6 nitrogen and oxygen atoms in total. The van der Waals surface area contributed by atoms with Crippen LogP contribution in [0.25, 0.3) is 0 Å². The van der Waals surface area contributed by atoms with Crippen molar-refractivity contribution in [3.05, 3.63) is 0 Å². The Kier molecular flexibility index (Phi) is 1.36. The second-order valence-electron chi connectivity index (χ2n) is 3.11. The third-order valence-electron chi connectivity index (χ3n) is 2.35. The summed E-state index contributed by atoms with van der Waals surface area (Å²) in [4.78, 5) is 22.4. The lowest BCUT2D eigenvalue weighted by atomic mass is 9.99. The first-order valence-electron chi connectivity index (χ1n) is 3.78. The van der Waals surface area contributed by atoms with Crippen molar-refractivity contribution in [3.63, 3.8) is 0 Å². The summed E-state index contributed by atoms with van der Waals surface area (Å²) >= 11 is 0. The van der Waals surface area contributed by atoms with Gasteiger partial charge in [-0.15, -0.1) is 0 Å². The van der Waals surface area contributed by atoms with Crippen molar-refractivity contribution >= 4 is 11.9 Å². The quantitative estimate of drug-likeness (QED) is 0.226. The number of carbonyl (C=O) groups is 2. The van der Waals surface area contributed by atoms with E-state index in [1.165, 1.54) is 0 Å². The number of rotatable bonds is 0. The Bertz CT molecular complexity index is 246. The summed E-state index contributed by atoms with van der Waals surface area (Å²) in [5.41, 5.74) is -0.758. The minimum Gasteiger partial charge on any atom is -0.321 e. The van der Waals surface area contributed by atoms with Gasteiger partial charge in [0, 0.05) is 6.54 Å². The maximum atomic E-state index is 11.4. The molecule has 3 amide bonds. The molecule has 12 heavy (non-hydrogen) atoms. The molecular formula is C6H10N4O2. The fourth-order valence-corrected chi connectivity index (χ4v) is 1.62. The molecule has 0 saturated carbocycles. The lowest BCUT2D eigenvalue weighted by Crippen LogP contribution is -2.49. The predicted octanol–water partition coefficient (Wildman–Crippen LogP) is -1.86. The fourth-order valence-electron chi connectivity index (χ4n) is 1.62. The van der Waals surface area contributed by atoms with Crippen LogP contribution in [-0.4, -0.2) is 35.6 Å². The van der Waals surface area contributed by atoms with Crippen molar-refractivity contribution in [2.75, 3.05) is 13.1 Å². The van der Waals surface area contributed by atoms with E-state index >= 15 is 0 Å². The van der Waals surface area contributed by atoms with E-state index in [0.29, 0.717) is 18.0 Å². The number of urea groups is 1. The van der Waals surface area contributed by atoms with E-state index in [1.54, 1.807) is 0 Å². The third-order valence-corrected chi connectivity index (χ3v) is 2.35. The number of amides is 3. The van der Waals surface area contributed by atoms with Gasteiger partial charge < -0.3 is 10.6 Å². The Balaban J connectivity index is 2.29. The van der Waals surface area contributed by atoms with Gasteiger partial charge in [-0.2, -0.15) is 5.01 Å². The number of hydrogen-bond acceptors (Lipinski definition) is 4. The molecule has 66 valence electrons. The van der Waals surface area contributed by atoms with E-state index < -0.39 is 11.6 Å². The van der Waals surface area contributed by atoms with Gasteiger partial charge in [0.2, 0.25) is 0 Å². The summed E-state index contributed by atoms with van der Waals surface area (Å²) in [5, 5.41) is 6.23. The molecule has 2 rings (SSSR count). The van der Waals surface area contributed by atoms with Crippen LogP contribution in [0.4, 0.5) is 4.79 Å². The Morgan fingerprint density at radius 1 is 1.50 bits per heavy atom. The van der Waals surface area contributed by atoms with Crippen LogP contribution in [0.15, 0.2) is 0 Å². The van der Waals surface area contributed by atoms with Crippen molar-refractivity contribution in [2.24, 2.45) is 5.84 Å². The SMILES string of the molecule is NN1C(=O)NC2(CCNC2)C1=O. The van der Waals surface area contributed by atoms with Crippen LogP contribution in [-0.2, 0) is 4.79 Å². The smallest absolute Gasteiger partial charge is 0.321 e. The highest BCUT2D eigenvalue weighted by Crippen LogP contribution is 2.21. The zero-order valence-corrected chi connectivity index (χ0v) is 6.46. The number of hydrazine groups is 1. The van der Waals surface area contributed by atoms with Gasteiger partial charge in [-0.1, -0.05) is 0 Å². The molecule has 0 aromatic rings. The molecule has 2 aliphatic heterocycles. The minimum atomic E-state index is -0.758. The van der Waals surface area contributed by atoms with Gasteiger partial charge in [-0.25, -0.2) is 10.6 Å². The second kappa shape index (κ2) is 2.18. The van der Waals surface area contributed by atoms with Crippen molar-refractivity contribution in [3.8, 4) is 0 Å². The van der Waals surface area contributed by atoms with E-state index in [4.69, 9.17) is 5.84 Å². The van der Waals surface area contributed by atoms with Gasteiger partial charge in [-0.3, -0.25) is 4.79 Å². The van der Waals surface area contributed by atoms with Crippen LogP contribution in [0, 0.1) is 0 Å². The molecule has 6 heteroatoms. The molecule has 2 aliphatic rings. The van der Waals surface area contributed by atoms with Crippen LogP contribution in [0.2, 0.25) is 0 Å². The number of nitrogens with two attached hydrogens (primary N) is 1. The number of nitrogens with one attached hydrogen (secondary N) is 2. The zero-order valence-electron chi connectivity index (χ0n) is 6.46. The Morgan fingerprint density at radius 2 is 2.25 bits per heavy atom. The normalized spacial score (nSPS) is 34.9. The molecule has 0 bridgehead atoms. The molecule has 2 saturated heterocycles. The van der Waals surface area contributed by atoms with E-state index in [1.807, 2.05) is 0 Å². The number of imide groups is 1. The van der Waals surface area contributed by atoms with Crippen LogP contribution >= 0.6 is 0 Å². The molecule has 0 radical (unpaired) electrons. The minimum absolute atomic E-state index is 0.336. The molecule has 1 spiro atoms. The van der Waals surface area contributed by atoms with Crippen LogP contribution in [0.5, 0.6) is 0 Å². The van der Waals surface area contributed by atoms with Crippen molar-refractivity contribution in [1.82, 2.24) is 15.6 Å². The van der Waals surface area contributed by atoms with Crippen LogP contribution < -0.4 is 16.5 Å². The Labute approximate surface area is 69.0 Å². The summed E-state index contributed by atoms with van der Waals surface area (Å²) in [6.45, 7) is 1.21. The lowest BCUT2D eigenvalue weighted by molar-refractivity contribution is -0.130. The van der Waals surface area contributed by atoms with Gasteiger partial charge in [0.05, 0.1) is 0 Å². The lowest BCUT2D eigenvalue weighted by Gasteiger charge is -2.17. The van der Waals surface area contributed by atoms with Crippen molar-refractivity contribution in [2.45, 2.75) is 12.0 Å². The van der Waals surface area contributed by atoms with Gasteiger partial charge >= 0.3 is 6.03 Å². The maximum Gasteiger partial charge on any atom is 0.339 e. The van der Waals surface area contributed by atoms with Gasteiger partial charge in [0.15, 0.2) is 0 Å². The monoisotopic (exact) mass is 170 g/mol. The van der Waals surface area contributed by atoms with E-state index in [0.717, 1.165) is 6.54 Å². The summed E-state index contributed by atoms with van der Waals surface area (Å²) in [7, 11) is 0. The van der Waals surface area contributed by atoms with Gasteiger partial charge in [0.1, 0.15) is 5.54 Å². The van der Waals surface area contributed by atoms with Crippen molar-refractivity contribution in [1.29, 1.82) is 0 Å². The number of hydrogen-bond donors (Lipinski definition) is 3. The highest BCUT2D eigenvalue weighted by molar-refractivity contribution is 6.06. The predicted molar refractivity (Wildman–Crippen MR) is 39.8 cm³/mol. The highest BCUT2D eigenvalue weighted by atomic mass is 16.2. The fraction of sp³-hybridized carbons (Fsp3) is 0.667. The van der Waals surface area contributed by atoms with Crippen LogP contribution in [0.3, 0.4) is 0 Å². The Morgan fingerprint density at radius 3 is 2.67 bits per heavy atom. The first-order valence-corrected chi connectivity index (χ1v) is 3.78. The second-order valence-corrected chi connectivity index (χ2v) is 3.11. The van der Waals surface area contributed by atoms with E-state index in [-0.39, 0.29) is 5.91 Å². The van der Waals surface area contributed by atoms with E-state index in [9.17, 15) is 9.59 Å².